The second kappa shape index (κ2) is 8.73. The zero-order valence-corrected chi connectivity index (χ0v) is 16.2. The lowest BCUT2D eigenvalue weighted by molar-refractivity contribution is -0.120. The highest BCUT2D eigenvalue weighted by Crippen LogP contribution is 2.15. The van der Waals surface area contributed by atoms with E-state index in [1.54, 1.807) is 23.6 Å². The molecule has 0 aliphatic carbocycles. The van der Waals surface area contributed by atoms with Gasteiger partial charge in [-0.1, -0.05) is 18.2 Å². The molecule has 0 aliphatic heterocycles. The number of sulfonamides is 2. The largest absolute Gasteiger partial charge is 0.356 e. The van der Waals surface area contributed by atoms with E-state index in [0.29, 0.717) is 13.0 Å². The molecule has 0 unspecified atom stereocenters. The van der Waals surface area contributed by atoms with Crippen molar-refractivity contribution in [3.8, 4) is 0 Å². The number of amides is 1. The maximum Gasteiger partial charge on any atom is 0.250 e. The fraction of sp³-hybridized carbons (Fsp3) is 0.267. The maximum atomic E-state index is 11.9. The first-order valence-electron chi connectivity index (χ1n) is 7.60. The molecule has 0 fully saturated rings. The molecule has 1 aromatic heterocycles. The van der Waals surface area contributed by atoms with Crippen molar-refractivity contribution in [1.82, 2.24) is 10.0 Å². The summed E-state index contributed by atoms with van der Waals surface area (Å²) in [7, 11) is -7.28. The van der Waals surface area contributed by atoms with E-state index in [1.165, 1.54) is 18.2 Å². The molecule has 0 saturated heterocycles. The van der Waals surface area contributed by atoms with Crippen LogP contribution < -0.4 is 15.2 Å². The summed E-state index contributed by atoms with van der Waals surface area (Å²) in [5.74, 6) is -0.278. The van der Waals surface area contributed by atoms with Crippen molar-refractivity contribution in [2.75, 3.05) is 13.1 Å². The lowest BCUT2D eigenvalue weighted by Crippen LogP contribution is -2.31. The lowest BCUT2D eigenvalue weighted by Gasteiger charge is -2.07. The Morgan fingerprint density at radius 2 is 1.73 bits per heavy atom. The normalized spacial score (nSPS) is 12.0. The van der Waals surface area contributed by atoms with E-state index in [-0.39, 0.29) is 28.0 Å². The molecule has 2 rings (SSSR count). The Bertz CT molecular complexity index is 937. The summed E-state index contributed by atoms with van der Waals surface area (Å²) < 4.78 is 48.7. The first-order chi connectivity index (χ1) is 12.2. The Labute approximate surface area is 156 Å². The summed E-state index contributed by atoms with van der Waals surface area (Å²) in [4.78, 5) is 11.8. The number of carbonyl (C=O) groups excluding carboxylic acids is 1. The van der Waals surface area contributed by atoms with Gasteiger partial charge in [0.2, 0.25) is 26.0 Å². The van der Waals surface area contributed by atoms with Gasteiger partial charge in [-0.25, -0.2) is 26.7 Å². The van der Waals surface area contributed by atoms with Crippen molar-refractivity contribution >= 4 is 37.3 Å². The minimum Gasteiger partial charge on any atom is -0.356 e. The van der Waals surface area contributed by atoms with E-state index in [9.17, 15) is 21.6 Å². The lowest BCUT2D eigenvalue weighted by atomic mass is 10.1. The summed E-state index contributed by atoms with van der Waals surface area (Å²) in [6, 6.07) is 9.20. The Kier molecular flexibility index (Phi) is 6.89. The zero-order chi connectivity index (χ0) is 19.2. The summed E-state index contributed by atoms with van der Waals surface area (Å²) >= 11 is 1.11. The SMILES string of the molecule is NS(=O)(=O)c1ccc(CCNC(=O)CCNS(=O)(=O)c2cccs2)cc1. The van der Waals surface area contributed by atoms with Crippen LogP contribution in [0.1, 0.15) is 12.0 Å². The minimum absolute atomic E-state index is 0.00905. The molecular weight excluding hydrogens is 398 g/mol. The molecule has 1 amide bonds. The van der Waals surface area contributed by atoms with E-state index in [2.05, 4.69) is 10.0 Å². The van der Waals surface area contributed by atoms with Gasteiger partial charge < -0.3 is 5.32 Å². The third-order valence-corrected chi connectivity index (χ3v) is 7.18. The first kappa shape index (κ1) is 20.5. The molecule has 0 radical (unpaired) electrons. The van der Waals surface area contributed by atoms with E-state index in [1.807, 2.05) is 0 Å². The van der Waals surface area contributed by atoms with Crippen LogP contribution in [0.5, 0.6) is 0 Å². The quantitative estimate of drug-likeness (QED) is 0.543. The molecule has 0 saturated carbocycles. The van der Waals surface area contributed by atoms with E-state index in [4.69, 9.17) is 5.14 Å². The number of carbonyl (C=O) groups is 1. The zero-order valence-electron chi connectivity index (χ0n) is 13.7. The van der Waals surface area contributed by atoms with Crippen molar-refractivity contribution in [3.05, 3.63) is 47.3 Å². The predicted molar refractivity (Wildman–Crippen MR) is 98.7 cm³/mol. The third-order valence-electron chi connectivity index (χ3n) is 3.39. The number of hydrogen-bond acceptors (Lipinski definition) is 6. The van der Waals surface area contributed by atoms with E-state index in [0.717, 1.165) is 16.9 Å². The fourth-order valence-corrected chi connectivity index (χ4v) is 4.65. The molecule has 26 heavy (non-hydrogen) atoms. The van der Waals surface area contributed by atoms with E-state index < -0.39 is 20.0 Å². The van der Waals surface area contributed by atoms with Crippen molar-refractivity contribution in [2.24, 2.45) is 5.14 Å². The molecule has 0 spiro atoms. The molecule has 0 aliphatic rings. The van der Waals surface area contributed by atoms with Gasteiger partial charge in [0, 0.05) is 19.5 Å². The molecule has 0 atom stereocenters. The van der Waals surface area contributed by atoms with E-state index >= 15 is 0 Å². The Balaban J connectivity index is 1.71. The average Bonchev–Trinajstić information content (AvgIpc) is 3.10. The number of nitrogens with two attached hydrogens (primary N) is 1. The molecule has 1 heterocycles. The van der Waals surface area contributed by atoms with Gasteiger partial charge in [-0.2, -0.15) is 0 Å². The first-order valence-corrected chi connectivity index (χ1v) is 11.5. The molecule has 0 bridgehead atoms. The van der Waals surface area contributed by atoms with Gasteiger partial charge in [-0.3, -0.25) is 4.79 Å². The number of rotatable bonds is 9. The standard InChI is InChI=1S/C15H19N3O5S3/c16-25(20,21)13-5-3-12(4-6-13)7-9-17-14(19)8-10-18-26(22,23)15-2-1-11-24-15/h1-6,11,18H,7-10H2,(H,17,19)(H2,16,20,21). The molecule has 1 aromatic carbocycles. The number of primary sulfonamides is 1. The Morgan fingerprint density at radius 1 is 1.04 bits per heavy atom. The second-order valence-corrected chi connectivity index (χ2v) is 9.87. The Morgan fingerprint density at radius 3 is 2.31 bits per heavy atom. The highest BCUT2D eigenvalue weighted by atomic mass is 32.2. The van der Waals surface area contributed by atoms with Crippen molar-refractivity contribution in [3.63, 3.8) is 0 Å². The van der Waals surface area contributed by atoms with Crippen molar-refractivity contribution in [2.45, 2.75) is 21.9 Å². The van der Waals surface area contributed by atoms with Crippen molar-refractivity contribution in [1.29, 1.82) is 0 Å². The molecule has 2 aromatic rings. The van der Waals surface area contributed by atoms with Crippen LogP contribution in [0.3, 0.4) is 0 Å². The van der Waals surface area contributed by atoms with Crippen LogP contribution >= 0.6 is 11.3 Å². The average molecular weight is 418 g/mol. The minimum atomic E-state index is -3.72. The summed E-state index contributed by atoms with van der Waals surface area (Å²) in [5.41, 5.74) is 0.844. The van der Waals surface area contributed by atoms with Gasteiger partial charge in [-0.15, -0.1) is 11.3 Å². The molecule has 11 heteroatoms. The number of hydrogen-bond donors (Lipinski definition) is 3. The number of benzene rings is 1. The van der Waals surface area contributed by atoms with Gasteiger partial charge in [0.25, 0.3) is 0 Å². The van der Waals surface area contributed by atoms with Crippen LogP contribution in [-0.4, -0.2) is 35.8 Å². The van der Waals surface area contributed by atoms with Crippen molar-refractivity contribution < 1.29 is 21.6 Å². The molecule has 142 valence electrons. The molecule has 4 N–H and O–H groups in total. The molecular formula is C15H19N3O5S3. The number of nitrogens with one attached hydrogen (secondary N) is 2. The number of thiophene rings is 1. The topological polar surface area (TPSA) is 135 Å². The van der Waals surface area contributed by atoms with Gasteiger partial charge in [-0.05, 0) is 35.6 Å². The van der Waals surface area contributed by atoms with Crippen LogP contribution in [0, 0.1) is 0 Å². The van der Waals surface area contributed by atoms with Gasteiger partial charge in [0.05, 0.1) is 4.90 Å². The van der Waals surface area contributed by atoms with Crippen LogP contribution in [-0.2, 0) is 31.3 Å². The summed E-state index contributed by atoms with van der Waals surface area (Å²) in [6.45, 7) is 0.361. The fourth-order valence-electron chi connectivity index (χ4n) is 2.07. The monoisotopic (exact) mass is 417 g/mol. The maximum absolute atomic E-state index is 11.9. The van der Waals surface area contributed by atoms with Crippen LogP contribution in [0.2, 0.25) is 0 Å². The highest BCUT2D eigenvalue weighted by molar-refractivity contribution is 7.91. The smallest absolute Gasteiger partial charge is 0.250 e. The van der Waals surface area contributed by atoms with Gasteiger partial charge in [0.1, 0.15) is 4.21 Å². The predicted octanol–water partition coefficient (Wildman–Crippen LogP) is 0.423. The highest BCUT2D eigenvalue weighted by Gasteiger charge is 2.14. The van der Waals surface area contributed by atoms with Crippen LogP contribution in [0.25, 0.3) is 0 Å². The Hall–Kier alpha value is -1.79. The second-order valence-electron chi connectivity index (χ2n) is 5.37. The summed E-state index contributed by atoms with van der Waals surface area (Å²) in [6.07, 6.45) is 0.534. The van der Waals surface area contributed by atoms with Gasteiger partial charge >= 0.3 is 0 Å². The van der Waals surface area contributed by atoms with Gasteiger partial charge in [0.15, 0.2) is 0 Å². The summed E-state index contributed by atoms with van der Waals surface area (Å²) in [5, 5.41) is 9.37. The van der Waals surface area contributed by atoms with Crippen LogP contribution in [0.15, 0.2) is 50.9 Å². The molecule has 8 nitrogen and oxygen atoms in total. The third kappa shape index (κ3) is 6.18. The van der Waals surface area contributed by atoms with Crippen LogP contribution in [0.4, 0.5) is 0 Å².